The summed E-state index contributed by atoms with van der Waals surface area (Å²) in [6.45, 7) is 2.64. The van der Waals surface area contributed by atoms with Crippen LogP contribution in [0.25, 0.3) is 11.1 Å². The molecule has 214 valence electrons. The van der Waals surface area contributed by atoms with E-state index in [1.54, 1.807) is 19.1 Å². The van der Waals surface area contributed by atoms with Crippen LogP contribution in [0.4, 0.5) is 13.2 Å². The molecular weight excluding hydrogens is 547 g/mol. The van der Waals surface area contributed by atoms with Crippen LogP contribution in [0.5, 0.6) is 0 Å². The fourth-order valence-corrected chi connectivity index (χ4v) is 7.50. The van der Waals surface area contributed by atoms with Gasteiger partial charge in [-0.2, -0.15) is 18.4 Å². The smallest absolute Gasteiger partial charge is 0.381 e. The highest BCUT2D eigenvalue weighted by molar-refractivity contribution is 7.92. The van der Waals surface area contributed by atoms with Gasteiger partial charge in [0.25, 0.3) is 0 Å². The summed E-state index contributed by atoms with van der Waals surface area (Å²) in [5.41, 5.74) is -0.918. The number of carbonyl (C=O) groups excluding carboxylic acids is 1. The van der Waals surface area contributed by atoms with E-state index in [0.717, 1.165) is 12.1 Å². The van der Waals surface area contributed by atoms with E-state index in [4.69, 9.17) is 9.47 Å². The van der Waals surface area contributed by atoms with Gasteiger partial charge in [-0.3, -0.25) is 9.78 Å². The molecule has 3 fully saturated rings. The summed E-state index contributed by atoms with van der Waals surface area (Å²) < 4.78 is 81.9. The van der Waals surface area contributed by atoms with Crippen LogP contribution in [-0.4, -0.2) is 55.5 Å². The average molecular weight is 578 g/mol. The van der Waals surface area contributed by atoms with E-state index in [2.05, 4.69) is 16.4 Å². The zero-order valence-corrected chi connectivity index (χ0v) is 22.7. The van der Waals surface area contributed by atoms with Crippen LogP contribution in [0.3, 0.4) is 0 Å². The summed E-state index contributed by atoms with van der Waals surface area (Å²) in [5.74, 6) is -1.42. The maximum Gasteiger partial charge on any atom is 0.417 e. The van der Waals surface area contributed by atoms with Crippen molar-refractivity contribution in [2.75, 3.05) is 13.2 Å². The van der Waals surface area contributed by atoms with Crippen LogP contribution in [0.15, 0.2) is 41.4 Å². The molecule has 2 saturated carbocycles. The number of nitrogens with one attached hydrogen (secondary N) is 1. The largest absolute Gasteiger partial charge is 0.417 e. The standard InChI is InChI=1S/C28H30F3N3O5S/c1-17-12-19(4-9-33-17)18-2-3-25(23(13-18)28(29,30)31)40(36,37)21-14-22(26(35)34-27(16-32)7-8-27)24(15-21)39-20-5-10-38-11-6-20/h2-4,9,12-13,20-22,24H,5-8,10-11,14-15H2,1H3,(H,34,35)/t21-,22?,24-/m0/s1. The molecule has 8 nitrogen and oxygen atoms in total. The lowest BCUT2D eigenvalue weighted by Gasteiger charge is -2.28. The van der Waals surface area contributed by atoms with Gasteiger partial charge in [-0.05, 0) is 80.8 Å². The molecule has 1 aliphatic heterocycles. The molecule has 3 atom stereocenters. The Morgan fingerprint density at radius 3 is 2.48 bits per heavy atom. The van der Waals surface area contributed by atoms with Gasteiger partial charge in [0.2, 0.25) is 5.91 Å². The molecule has 2 heterocycles. The molecule has 0 radical (unpaired) electrons. The van der Waals surface area contributed by atoms with E-state index in [1.807, 2.05) is 0 Å². The molecule has 2 aliphatic carbocycles. The Morgan fingerprint density at radius 1 is 1.15 bits per heavy atom. The Hall–Kier alpha value is -3.01. The predicted octanol–water partition coefficient (Wildman–Crippen LogP) is 4.36. The minimum Gasteiger partial charge on any atom is -0.381 e. The third-order valence-electron chi connectivity index (χ3n) is 7.92. The van der Waals surface area contributed by atoms with Gasteiger partial charge in [0.05, 0.1) is 39.9 Å². The van der Waals surface area contributed by atoms with Crippen LogP contribution in [0.1, 0.15) is 49.8 Å². The van der Waals surface area contributed by atoms with E-state index in [1.165, 1.54) is 12.3 Å². The number of sulfone groups is 1. The van der Waals surface area contributed by atoms with E-state index >= 15 is 0 Å². The second kappa shape index (κ2) is 10.8. The number of aryl methyl sites for hydroxylation is 1. The molecule has 1 saturated heterocycles. The Labute approximate surface area is 230 Å². The summed E-state index contributed by atoms with van der Waals surface area (Å²) in [6.07, 6.45) is -2.73. The normalized spacial score (nSPS) is 24.8. The average Bonchev–Trinajstić information content (AvgIpc) is 3.56. The van der Waals surface area contributed by atoms with Crippen molar-refractivity contribution in [3.05, 3.63) is 47.8 Å². The number of halogens is 3. The molecule has 2 aromatic rings. The minimum atomic E-state index is -4.93. The summed E-state index contributed by atoms with van der Waals surface area (Å²) in [7, 11) is -4.52. The number of nitriles is 1. The number of alkyl halides is 3. The maximum absolute atomic E-state index is 14.3. The molecule has 1 unspecified atom stereocenters. The highest BCUT2D eigenvalue weighted by Crippen LogP contribution is 2.43. The zero-order valence-electron chi connectivity index (χ0n) is 21.9. The number of ether oxygens (including phenoxy) is 2. The monoisotopic (exact) mass is 577 g/mol. The van der Waals surface area contributed by atoms with Crippen molar-refractivity contribution in [2.24, 2.45) is 5.92 Å². The second-order valence-electron chi connectivity index (χ2n) is 10.8. The molecule has 12 heteroatoms. The van der Waals surface area contributed by atoms with Crippen LogP contribution in [-0.2, 0) is 30.3 Å². The number of aromatic nitrogens is 1. The quantitative estimate of drug-likeness (QED) is 0.519. The first-order chi connectivity index (χ1) is 18.9. The molecule has 40 heavy (non-hydrogen) atoms. The Bertz CT molecular complexity index is 1430. The van der Waals surface area contributed by atoms with E-state index in [-0.39, 0.29) is 24.5 Å². The molecule has 1 N–H and O–H groups in total. The van der Waals surface area contributed by atoms with Gasteiger partial charge < -0.3 is 14.8 Å². The lowest BCUT2D eigenvalue weighted by atomic mass is 10.0. The fourth-order valence-electron chi connectivity index (χ4n) is 5.50. The van der Waals surface area contributed by atoms with Gasteiger partial charge in [0.15, 0.2) is 9.84 Å². The fraction of sp³-hybridized carbons (Fsp3) is 0.536. The van der Waals surface area contributed by atoms with E-state index < -0.39 is 55.2 Å². The van der Waals surface area contributed by atoms with Crippen molar-refractivity contribution >= 4 is 15.7 Å². The Morgan fingerprint density at radius 2 is 1.85 bits per heavy atom. The van der Waals surface area contributed by atoms with Gasteiger partial charge in [-0.15, -0.1) is 0 Å². The van der Waals surface area contributed by atoms with Gasteiger partial charge in [-0.25, -0.2) is 8.42 Å². The number of hydrogen-bond donors (Lipinski definition) is 1. The first kappa shape index (κ1) is 28.5. The highest BCUT2D eigenvalue weighted by atomic mass is 32.2. The highest BCUT2D eigenvalue weighted by Gasteiger charge is 2.51. The summed E-state index contributed by atoms with van der Waals surface area (Å²) in [6, 6.07) is 8.46. The van der Waals surface area contributed by atoms with Gasteiger partial charge in [0, 0.05) is 25.1 Å². The number of nitrogens with zero attached hydrogens (tertiary/aromatic N) is 2. The minimum absolute atomic E-state index is 0.125. The number of carbonyl (C=O) groups is 1. The van der Waals surface area contributed by atoms with Crippen molar-refractivity contribution < 1.29 is 35.9 Å². The number of hydrogen-bond acceptors (Lipinski definition) is 7. The van der Waals surface area contributed by atoms with Crippen LogP contribution in [0.2, 0.25) is 0 Å². The van der Waals surface area contributed by atoms with Gasteiger partial charge in [-0.1, -0.05) is 6.07 Å². The van der Waals surface area contributed by atoms with E-state index in [9.17, 15) is 31.6 Å². The first-order valence-corrected chi connectivity index (χ1v) is 14.8. The molecule has 1 aromatic heterocycles. The molecular formula is C28H30F3N3O5S. The molecule has 3 aliphatic rings. The van der Waals surface area contributed by atoms with Crippen LogP contribution in [0, 0.1) is 24.2 Å². The van der Waals surface area contributed by atoms with Crippen LogP contribution < -0.4 is 5.32 Å². The molecule has 5 rings (SSSR count). The zero-order chi connectivity index (χ0) is 28.7. The summed E-state index contributed by atoms with van der Waals surface area (Å²) in [5, 5.41) is 10.9. The number of benzene rings is 1. The Balaban J connectivity index is 1.46. The molecule has 0 spiro atoms. The van der Waals surface area contributed by atoms with Crippen molar-refractivity contribution in [1.29, 1.82) is 5.26 Å². The topological polar surface area (TPSA) is 118 Å². The van der Waals surface area contributed by atoms with Crippen LogP contribution >= 0.6 is 0 Å². The van der Waals surface area contributed by atoms with Crippen molar-refractivity contribution in [1.82, 2.24) is 10.3 Å². The van der Waals surface area contributed by atoms with Gasteiger partial charge >= 0.3 is 6.18 Å². The van der Waals surface area contributed by atoms with E-state index in [0.29, 0.717) is 50.2 Å². The van der Waals surface area contributed by atoms with Crippen molar-refractivity contribution in [2.45, 2.75) is 79.5 Å². The SMILES string of the molecule is Cc1cc(-c2ccc(S(=O)(=O)[C@H]3CC(C(=O)NC4(C#N)CC4)[C@@H](OC4CCOCC4)C3)c(C(F)(F)F)c2)ccn1. The lowest BCUT2D eigenvalue weighted by Crippen LogP contribution is -2.43. The third kappa shape index (κ3) is 5.87. The maximum atomic E-state index is 14.3. The molecule has 1 amide bonds. The third-order valence-corrected chi connectivity index (χ3v) is 10.2. The number of pyridine rings is 1. The Kier molecular flexibility index (Phi) is 7.67. The second-order valence-corrected chi connectivity index (χ2v) is 13.0. The molecule has 0 bridgehead atoms. The summed E-state index contributed by atoms with van der Waals surface area (Å²) >= 11 is 0. The summed E-state index contributed by atoms with van der Waals surface area (Å²) in [4.78, 5) is 16.5. The van der Waals surface area contributed by atoms with Crippen molar-refractivity contribution in [3.63, 3.8) is 0 Å². The molecule has 1 aromatic carbocycles. The number of rotatable bonds is 7. The lowest BCUT2D eigenvalue weighted by molar-refractivity contribution is -0.140. The first-order valence-electron chi connectivity index (χ1n) is 13.3. The van der Waals surface area contributed by atoms with Crippen molar-refractivity contribution in [3.8, 4) is 17.2 Å². The predicted molar refractivity (Wildman–Crippen MR) is 138 cm³/mol. The number of amides is 1. The van der Waals surface area contributed by atoms with Gasteiger partial charge in [0.1, 0.15) is 5.54 Å².